The van der Waals surface area contributed by atoms with Crippen LogP contribution in [0.3, 0.4) is 0 Å². The first kappa shape index (κ1) is 15.2. The highest BCUT2D eigenvalue weighted by Gasteiger charge is 2.10. The second-order valence-electron chi connectivity index (χ2n) is 5.34. The van der Waals surface area contributed by atoms with Crippen molar-refractivity contribution < 1.29 is 5.11 Å². The van der Waals surface area contributed by atoms with Crippen LogP contribution < -0.4 is 5.32 Å². The molecule has 1 rings (SSSR count). The SMILES string of the molecule is CCC(CCO)CNC(C)c1cc(C)cc(C)c1. The van der Waals surface area contributed by atoms with Crippen molar-refractivity contribution in [1.29, 1.82) is 0 Å². The Morgan fingerprint density at radius 1 is 1.17 bits per heavy atom. The molecule has 2 heteroatoms. The first-order valence-corrected chi connectivity index (χ1v) is 6.99. The minimum atomic E-state index is 0.290. The lowest BCUT2D eigenvalue weighted by Crippen LogP contribution is -2.26. The normalized spacial score (nSPS) is 14.5. The van der Waals surface area contributed by atoms with Crippen molar-refractivity contribution >= 4 is 0 Å². The molecule has 2 unspecified atom stereocenters. The Balaban J connectivity index is 2.56. The van der Waals surface area contributed by atoms with Gasteiger partial charge in [-0.1, -0.05) is 42.7 Å². The third-order valence-corrected chi connectivity index (χ3v) is 3.57. The molecule has 0 aromatic heterocycles. The Kier molecular flexibility index (Phi) is 6.37. The van der Waals surface area contributed by atoms with Gasteiger partial charge in [-0.25, -0.2) is 0 Å². The van der Waals surface area contributed by atoms with Crippen molar-refractivity contribution in [1.82, 2.24) is 5.32 Å². The van der Waals surface area contributed by atoms with Gasteiger partial charge in [0.05, 0.1) is 0 Å². The molecular weight excluding hydrogens is 222 g/mol. The molecule has 1 aromatic rings. The summed E-state index contributed by atoms with van der Waals surface area (Å²) < 4.78 is 0. The van der Waals surface area contributed by atoms with E-state index in [0.29, 0.717) is 12.0 Å². The summed E-state index contributed by atoms with van der Waals surface area (Å²) in [5, 5.41) is 12.6. The summed E-state index contributed by atoms with van der Waals surface area (Å²) in [4.78, 5) is 0. The van der Waals surface area contributed by atoms with E-state index in [-0.39, 0.29) is 6.61 Å². The molecule has 0 heterocycles. The molecule has 0 aliphatic heterocycles. The molecule has 0 bridgehead atoms. The summed E-state index contributed by atoms with van der Waals surface area (Å²) in [6.45, 7) is 9.94. The van der Waals surface area contributed by atoms with Crippen LogP contribution in [0.15, 0.2) is 18.2 Å². The lowest BCUT2D eigenvalue weighted by atomic mass is 10.00. The molecule has 0 aliphatic carbocycles. The van der Waals surface area contributed by atoms with E-state index < -0.39 is 0 Å². The molecule has 0 radical (unpaired) electrons. The monoisotopic (exact) mass is 249 g/mol. The number of aliphatic hydroxyl groups excluding tert-OH is 1. The van der Waals surface area contributed by atoms with Gasteiger partial charge in [0.25, 0.3) is 0 Å². The number of benzene rings is 1. The molecule has 2 nitrogen and oxygen atoms in total. The zero-order valence-electron chi connectivity index (χ0n) is 12.2. The average Bonchev–Trinajstić information content (AvgIpc) is 2.32. The minimum absolute atomic E-state index is 0.290. The van der Waals surface area contributed by atoms with Crippen molar-refractivity contribution in [3.8, 4) is 0 Å². The Morgan fingerprint density at radius 3 is 2.28 bits per heavy atom. The maximum atomic E-state index is 9.00. The zero-order chi connectivity index (χ0) is 13.5. The van der Waals surface area contributed by atoms with Crippen molar-refractivity contribution in [2.24, 2.45) is 5.92 Å². The molecule has 102 valence electrons. The second kappa shape index (κ2) is 7.55. The van der Waals surface area contributed by atoms with E-state index >= 15 is 0 Å². The second-order valence-corrected chi connectivity index (χ2v) is 5.34. The van der Waals surface area contributed by atoms with Crippen LogP contribution in [0.4, 0.5) is 0 Å². The van der Waals surface area contributed by atoms with E-state index in [9.17, 15) is 0 Å². The van der Waals surface area contributed by atoms with Crippen molar-refractivity contribution in [2.45, 2.75) is 46.6 Å². The third kappa shape index (κ3) is 4.79. The zero-order valence-corrected chi connectivity index (χ0v) is 12.2. The van der Waals surface area contributed by atoms with E-state index in [4.69, 9.17) is 5.11 Å². The van der Waals surface area contributed by atoms with Crippen molar-refractivity contribution in [3.63, 3.8) is 0 Å². The fraction of sp³-hybridized carbons (Fsp3) is 0.625. The van der Waals surface area contributed by atoms with E-state index in [0.717, 1.165) is 19.4 Å². The van der Waals surface area contributed by atoms with Gasteiger partial charge in [-0.05, 0) is 45.2 Å². The number of nitrogens with one attached hydrogen (secondary N) is 1. The largest absolute Gasteiger partial charge is 0.396 e. The number of hydrogen-bond donors (Lipinski definition) is 2. The topological polar surface area (TPSA) is 32.3 Å². The number of aryl methyl sites for hydroxylation is 2. The van der Waals surface area contributed by atoms with Crippen LogP contribution in [-0.2, 0) is 0 Å². The quantitative estimate of drug-likeness (QED) is 0.776. The van der Waals surface area contributed by atoms with E-state index in [2.05, 4.69) is 51.2 Å². The molecule has 0 spiro atoms. The molecule has 0 fully saturated rings. The van der Waals surface area contributed by atoms with Gasteiger partial charge in [0, 0.05) is 12.6 Å². The molecule has 1 aromatic carbocycles. The molecule has 2 N–H and O–H groups in total. The standard InChI is InChI=1S/C16H27NO/c1-5-15(6-7-18)11-17-14(4)16-9-12(2)8-13(3)10-16/h8-10,14-15,17-18H,5-7,11H2,1-4H3. The fourth-order valence-electron chi connectivity index (χ4n) is 2.35. The number of aliphatic hydroxyl groups is 1. The summed E-state index contributed by atoms with van der Waals surface area (Å²) in [7, 11) is 0. The van der Waals surface area contributed by atoms with Gasteiger partial charge in [-0.3, -0.25) is 0 Å². The van der Waals surface area contributed by atoms with Gasteiger partial charge in [-0.2, -0.15) is 0 Å². The average molecular weight is 249 g/mol. The Hall–Kier alpha value is -0.860. The van der Waals surface area contributed by atoms with Crippen LogP contribution in [0.5, 0.6) is 0 Å². The third-order valence-electron chi connectivity index (χ3n) is 3.57. The van der Waals surface area contributed by atoms with E-state index in [1.807, 2.05) is 0 Å². The van der Waals surface area contributed by atoms with Gasteiger partial charge < -0.3 is 10.4 Å². The maximum Gasteiger partial charge on any atom is 0.0434 e. The lowest BCUT2D eigenvalue weighted by molar-refractivity contribution is 0.249. The Bertz CT molecular complexity index is 342. The van der Waals surface area contributed by atoms with Crippen LogP contribution in [0.25, 0.3) is 0 Å². The minimum Gasteiger partial charge on any atom is -0.396 e. The van der Waals surface area contributed by atoms with Crippen LogP contribution in [0.2, 0.25) is 0 Å². The highest BCUT2D eigenvalue weighted by atomic mass is 16.3. The van der Waals surface area contributed by atoms with Gasteiger partial charge in [0.2, 0.25) is 0 Å². The molecule has 18 heavy (non-hydrogen) atoms. The van der Waals surface area contributed by atoms with Crippen LogP contribution in [0, 0.1) is 19.8 Å². The Morgan fingerprint density at radius 2 is 1.78 bits per heavy atom. The molecule has 0 saturated carbocycles. The smallest absolute Gasteiger partial charge is 0.0434 e. The van der Waals surface area contributed by atoms with Gasteiger partial charge in [0.15, 0.2) is 0 Å². The Labute approximate surface area is 111 Å². The van der Waals surface area contributed by atoms with Crippen molar-refractivity contribution in [2.75, 3.05) is 13.2 Å². The fourth-order valence-corrected chi connectivity index (χ4v) is 2.35. The van der Waals surface area contributed by atoms with Gasteiger partial charge in [-0.15, -0.1) is 0 Å². The van der Waals surface area contributed by atoms with Crippen LogP contribution >= 0.6 is 0 Å². The summed E-state index contributed by atoms with van der Waals surface area (Å²) in [5.74, 6) is 0.573. The molecule has 2 atom stereocenters. The van der Waals surface area contributed by atoms with E-state index in [1.54, 1.807) is 0 Å². The number of rotatable bonds is 7. The lowest BCUT2D eigenvalue weighted by Gasteiger charge is -2.20. The van der Waals surface area contributed by atoms with Crippen LogP contribution in [-0.4, -0.2) is 18.3 Å². The molecule has 0 amide bonds. The summed E-state index contributed by atoms with van der Waals surface area (Å²) in [6.07, 6.45) is 2.01. The van der Waals surface area contributed by atoms with E-state index in [1.165, 1.54) is 16.7 Å². The summed E-state index contributed by atoms with van der Waals surface area (Å²) >= 11 is 0. The first-order chi connectivity index (χ1) is 8.56. The van der Waals surface area contributed by atoms with Gasteiger partial charge >= 0.3 is 0 Å². The first-order valence-electron chi connectivity index (χ1n) is 6.99. The van der Waals surface area contributed by atoms with Crippen LogP contribution in [0.1, 0.15) is 49.4 Å². The molecule has 0 aliphatic rings. The summed E-state index contributed by atoms with van der Waals surface area (Å²) in [6, 6.07) is 7.07. The summed E-state index contributed by atoms with van der Waals surface area (Å²) in [5.41, 5.74) is 3.99. The highest BCUT2D eigenvalue weighted by Crippen LogP contribution is 2.17. The predicted molar refractivity (Wildman–Crippen MR) is 77.8 cm³/mol. The van der Waals surface area contributed by atoms with Gasteiger partial charge in [0.1, 0.15) is 0 Å². The highest BCUT2D eigenvalue weighted by molar-refractivity contribution is 5.30. The molecular formula is C16H27NO. The van der Waals surface area contributed by atoms with Crippen molar-refractivity contribution in [3.05, 3.63) is 34.9 Å². The predicted octanol–water partition coefficient (Wildman–Crippen LogP) is 3.36. The number of hydrogen-bond acceptors (Lipinski definition) is 2. The molecule has 0 saturated heterocycles. The maximum absolute atomic E-state index is 9.00.